The zero-order chi connectivity index (χ0) is 29.1. The summed E-state index contributed by atoms with van der Waals surface area (Å²) in [5, 5.41) is 9.07. The maximum atomic E-state index is 11.9. The predicted octanol–water partition coefficient (Wildman–Crippen LogP) is 6.99. The van der Waals surface area contributed by atoms with E-state index in [2.05, 4.69) is 9.72 Å². The molecule has 10 heteroatoms. The summed E-state index contributed by atoms with van der Waals surface area (Å²) in [6.07, 6.45) is -0.0486. The number of ether oxygens (including phenoxy) is 2. The Bertz CT molecular complexity index is 1660. The van der Waals surface area contributed by atoms with Gasteiger partial charge in [0.05, 0.1) is 16.5 Å². The number of para-hydroxylation sites is 2. The second-order valence-electron chi connectivity index (χ2n) is 8.25. The Labute approximate surface area is 234 Å². The standard InChI is InChI=1S/C15H11NO3.C8H9NO2.C7H5ClO2/c1-10-7-8-13-12(9-10)14(17)19-15(16-13)18-11-5-3-2-4-6-11;1-5-2-3-7(9)6(4-5)8(10)11;8-7(9)10-6-4-2-1-3-5-6/h2-9H,1H3;2-4H,9H2,1H3,(H,10,11);1-5H. The largest absolute Gasteiger partial charge is 0.478 e. The molecule has 0 spiro atoms. The van der Waals surface area contributed by atoms with Gasteiger partial charge in [0.15, 0.2) is 0 Å². The lowest BCUT2D eigenvalue weighted by Gasteiger charge is -2.03. The first kappa shape index (κ1) is 29.4. The van der Waals surface area contributed by atoms with Gasteiger partial charge in [-0.15, -0.1) is 0 Å². The third kappa shape index (κ3) is 9.00. The molecule has 0 aliphatic carbocycles. The van der Waals surface area contributed by atoms with E-state index in [1.165, 1.54) is 0 Å². The molecule has 0 saturated heterocycles. The van der Waals surface area contributed by atoms with E-state index in [0.717, 1.165) is 11.1 Å². The topological polar surface area (TPSA) is 142 Å². The number of carbonyl (C=O) groups is 2. The van der Waals surface area contributed by atoms with Crippen LogP contribution in [-0.4, -0.2) is 21.5 Å². The first-order chi connectivity index (χ1) is 19.1. The van der Waals surface area contributed by atoms with Gasteiger partial charge in [-0.2, -0.15) is 4.98 Å². The van der Waals surface area contributed by atoms with Crippen molar-refractivity contribution in [1.82, 2.24) is 4.98 Å². The molecule has 0 amide bonds. The minimum atomic E-state index is -0.980. The summed E-state index contributed by atoms with van der Waals surface area (Å²) < 4.78 is 15.0. The molecular weight excluding hydrogens is 536 g/mol. The molecule has 204 valence electrons. The van der Waals surface area contributed by atoms with Crippen LogP contribution in [0.25, 0.3) is 10.9 Å². The lowest BCUT2D eigenvalue weighted by atomic mass is 10.1. The fourth-order valence-corrected chi connectivity index (χ4v) is 3.32. The lowest BCUT2D eigenvalue weighted by Crippen LogP contribution is -2.03. The van der Waals surface area contributed by atoms with Crippen LogP contribution < -0.4 is 20.8 Å². The molecule has 3 N–H and O–H groups in total. The number of nitrogen functional groups attached to an aromatic ring is 1. The smallest absolute Gasteiger partial charge is 0.409 e. The lowest BCUT2D eigenvalue weighted by molar-refractivity contribution is 0.0698. The minimum absolute atomic E-state index is 0.0486. The SMILES string of the molecule is Cc1ccc(N)c(C(=O)O)c1.Cc1ccc2nc(Oc3ccccc3)oc(=O)c2c1.O=C(Cl)Oc1ccccc1. The van der Waals surface area contributed by atoms with Crippen molar-refractivity contribution in [3.8, 4) is 17.6 Å². The number of carbonyl (C=O) groups excluding carboxylic acids is 1. The molecule has 0 radical (unpaired) electrons. The number of carboxylic acids is 1. The molecule has 0 fully saturated rings. The van der Waals surface area contributed by atoms with Crippen molar-refractivity contribution >= 4 is 39.6 Å². The van der Waals surface area contributed by atoms with Gasteiger partial charge in [-0.1, -0.05) is 59.7 Å². The molecule has 0 saturated carbocycles. The molecule has 0 unspecified atom stereocenters. The summed E-state index contributed by atoms with van der Waals surface area (Å²) in [5.74, 6) is 0.0540. The van der Waals surface area contributed by atoms with Crippen molar-refractivity contribution in [2.45, 2.75) is 13.8 Å². The Morgan fingerprint density at radius 1 is 0.850 bits per heavy atom. The highest BCUT2D eigenvalue weighted by molar-refractivity contribution is 6.61. The number of nitrogens with zero attached hydrogens (tertiary/aromatic N) is 1. The first-order valence-electron chi connectivity index (χ1n) is 11.8. The molecule has 0 atom stereocenters. The molecule has 40 heavy (non-hydrogen) atoms. The van der Waals surface area contributed by atoms with E-state index in [1.54, 1.807) is 66.7 Å². The Balaban J connectivity index is 0.000000180. The first-order valence-corrected chi connectivity index (χ1v) is 12.2. The Kier molecular flexibility index (Phi) is 10.4. The fourth-order valence-electron chi connectivity index (χ4n) is 3.24. The molecule has 0 aliphatic heterocycles. The van der Waals surface area contributed by atoms with E-state index >= 15 is 0 Å². The zero-order valence-corrected chi connectivity index (χ0v) is 22.3. The quantitative estimate of drug-likeness (QED) is 0.175. The molecule has 1 aromatic heterocycles. The van der Waals surface area contributed by atoms with E-state index in [9.17, 15) is 14.4 Å². The average molecular weight is 561 g/mol. The van der Waals surface area contributed by atoms with Gasteiger partial charge in [0.2, 0.25) is 0 Å². The number of hydrogen-bond donors (Lipinski definition) is 2. The molecule has 5 rings (SSSR count). The Hall–Kier alpha value is -5.15. The number of aromatic carboxylic acids is 1. The number of hydrogen-bond acceptors (Lipinski definition) is 8. The highest BCUT2D eigenvalue weighted by Crippen LogP contribution is 2.20. The number of anilines is 1. The summed E-state index contributed by atoms with van der Waals surface area (Å²) in [6, 6.07) is 28.1. The zero-order valence-electron chi connectivity index (χ0n) is 21.5. The van der Waals surface area contributed by atoms with Gasteiger partial charge in [0.1, 0.15) is 11.5 Å². The summed E-state index contributed by atoms with van der Waals surface area (Å²) in [6.45, 7) is 3.74. The van der Waals surface area contributed by atoms with Gasteiger partial charge in [-0.25, -0.2) is 14.4 Å². The van der Waals surface area contributed by atoms with Gasteiger partial charge in [-0.3, -0.25) is 0 Å². The highest BCUT2D eigenvalue weighted by atomic mass is 35.5. The maximum Gasteiger partial charge on any atom is 0.409 e. The van der Waals surface area contributed by atoms with Crippen LogP contribution in [0.4, 0.5) is 10.5 Å². The van der Waals surface area contributed by atoms with Crippen LogP contribution in [0, 0.1) is 13.8 Å². The second kappa shape index (κ2) is 14.1. The Morgan fingerprint density at radius 2 is 1.43 bits per heavy atom. The van der Waals surface area contributed by atoms with Crippen LogP contribution >= 0.6 is 11.6 Å². The van der Waals surface area contributed by atoms with Crippen LogP contribution in [-0.2, 0) is 0 Å². The van der Waals surface area contributed by atoms with Gasteiger partial charge < -0.3 is 24.7 Å². The van der Waals surface area contributed by atoms with Crippen LogP contribution in [0.3, 0.4) is 0 Å². The normalized spacial score (nSPS) is 9.88. The number of benzene rings is 4. The van der Waals surface area contributed by atoms with E-state index in [4.69, 9.17) is 31.6 Å². The van der Waals surface area contributed by atoms with Crippen LogP contribution in [0.2, 0.25) is 0 Å². The average Bonchev–Trinajstić information content (AvgIpc) is 2.92. The molecule has 5 aromatic rings. The molecular formula is C30H25ClN2O7. The molecule has 0 bridgehead atoms. The van der Waals surface area contributed by atoms with Crippen molar-refractivity contribution < 1.29 is 28.6 Å². The summed E-state index contributed by atoms with van der Waals surface area (Å²) in [4.78, 5) is 36.7. The van der Waals surface area contributed by atoms with Gasteiger partial charge >= 0.3 is 23.1 Å². The van der Waals surface area contributed by atoms with Crippen molar-refractivity contribution in [2.75, 3.05) is 5.73 Å². The second-order valence-corrected chi connectivity index (χ2v) is 8.56. The summed E-state index contributed by atoms with van der Waals surface area (Å²) in [5.41, 5.74) is 7.08. The summed E-state index contributed by atoms with van der Waals surface area (Å²) in [7, 11) is 0. The number of rotatable bonds is 4. The third-order valence-corrected chi connectivity index (χ3v) is 5.17. The molecule has 4 aromatic carbocycles. The number of aromatic nitrogens is 1. The molecule has 9 nitrogen and oxygen atoms in total. The van der Waals surface area contributed by atoms with Gasteiger partial charge in [0, 0.05) is 17.3 Å². The van der Waals surface area contributed by atoms with Crippen LogP contribution in [0.1, 0.15) is 21.5 Å². The van der Waals surface area contributed by atoms with Crippen molar-refractivity contribution in [2.24, 2.45) is 0 Å². The molecule has 1 heterocycles. The third-order valence-electron chi connectivity index (χ3n) is 5.09. The van der Waals surface area contributed by atoms with E-state index in [0.29, 0.717) is 28.1 Å². The maximum absolute atomic E-state index is 11.9. The molecule has 0 aliphatic rings. The van der Waals surface area contributed by atoms with Crippen molar-refractivity contribution in [3.05, 3.63) is 124 Å². The van der Waals surface area contributed by atoms with Crippen molar-refractivity contribution in [1.29, 1.82) is 0 Å². The van der Waals surface area contributed by atoms with Crippen LogP contribution in [0.5, 0.6) is 17.6 Å². The minimum Gasteiger partial charge on any atom is -0.478 e. The highest BCUT2D eigenvalue weighted by Gasteiger charge is 2.08. The number of aryl methyl sites for hydroxylation is 2. The monoisotopic (exact) mass is 560 g/mol. The fraction of sp³-hybridized carbons (Fsp3) is 0.0667. The number of nitrogens with two attached hydrogens (primary N) is 1. The van der Waals surface area contributed by atoms with Crippen LogP contribution in [0.15, 0.2) is 106 Å². The Morgan fingerprint density at radius 3 is 2.00 bits per heavy atom. The van der Waals surface area contributed by atoms with Crippen molar-refractivity contribution in [3.63, 3.8) is 0 Å². The predicted molar refractivity (Wildman–Crippen MR) is 152 cm³/mol. The van der Waals surface area contributed by atoms with E-state index < -0.39 is 17.0 Å². The van der Waals surface area contributed by atoms with Gasteiger partial charge in [-0.05, 0) is 62.4 Å². The van der Waals surface area contributed by atoms with E-state index in [-0.39, 0.29) is 11.6 Å². The number of halogens is 1. The van der Waals surface area contributed by atoms with Gasteiger partial charge in [0.25, 0.3) is 0 Å². The number of fused-ring (bicyclic) bond motifs is 1. The summed E-state index contributed by atoms with van der Waals surface area (Å²) >= 11 is 4.95. The number of carboxylic acid groups (broad SMARTS) is 1. The van der Waals surface area contributed by atoms with E-state index in [1.807, 2.05) is 44.2 Å².